The Morgan fingerprint density at radius 2 is 2.21 bits per heavy atom. The van der Waals surface area contributed by atoms with Crippen molar-refractivity contribution in [1.82, 2.24) is 9.62 Å². The molecule has 0 aliphatic heterocycles. The number of nitrogens with one attached hydrogen (secondary N) is 1. The van der Waals surface area contributed by atoms with Gasteiger partial charge in [0.05, 0.1) is 6.61 Å². The SMILES string of the molecule is CCCNCc1csc(S(=O)(=O)N(C)CCOC)c1. The van der Waals surface area contributed by atoms with Crippen LogP contribution in [-0.2, 0) is 21.3 Å². The van der Waals surface area contributed by atoms with Gasteiger partial charge in [0.1, 0.15) is 4.21 Å². The highest BCUT2D eigenvalue weighted by molar-refractivity contribution is 7.91. The third-order valence-corrected chi connectivity index (χ3v) is 5.98. The summed E-state index contributed by atoms with van der Waals surface area (Å²) in [6, 6.07) is 1.74. The molecule has 0 atom stereocenters. The Kier molecular flexibility index (Phi) is 6.95. The van der Waals surface area contributed by atoms with Crippen molar-refractivity contribution in [3.63, 3.8) is 0 Å². The lowest BCUT2D eigenvalue weighted by molar-refractivity contribution is 0.185. The number of thiophene rings is 1. The van der Waals surface area contributed by atoms with Crippen LogP contribution in [0, 0.1) is 0 Å². The molecule has 7 heteroatoms. The summed E-state index contributed by atoms with van der Waals surface area (Å²) in [6.45, 7) is 4.50. The highest BCUT2D eigenvalue weighted by atomic mass is 32.2. The predicted octanol–water partition coefficient (Wildman–Crippen LogP) is 1.51. The van der Waals surface area contributed by atoms with Crippen LogP contribution in [0.5, 0.6) is 0 Å². The van der Waals surface area contributed by atoms with E-state index in [0.717, 1.165) is 18.5 Å². The number of hydrogen-bond acceptors (Lipinski definition) is 5. The Morgan fingerprint density at radius 3 is 2.84 bits per heavy atom. The van der Waals surface area contributed by atoms with Crippen LogP contribution in [0.4, 0.5) is 0 Å². The van der Waals surface area contributed by atoms with Crippen molar-refractivity contribution < 1.29 is 13.2 Å². The fraction of sp³-hybridized carbons (Fsp3) is 0.667. The Labute approximate surface area is 119 Å². The second-order valence-corrected chi connectivity index (χ2v) is 7.45. The lowest BCUT2D eigenvalue weighted by Gasteiger charge is -2.15. The lowest BCUT2D eigenvalue weighted by Crippen LogP contribution is -2.29. The van der Waals surface area contributed by atoms with E-state index >= 15 is 0 Å². The molecule has 0 aliphatic carbocycles. The van der Waals surface area contributed by atoms with Crippen molar-refractivity contribution in [1.29, 1.82) is 0 Å². The third-order valence-electron chi connectivity index (χ3n) is 2.66. The second kappa shape index (κ2) is 7.96. The summed E-state index contributed by atoms with van der Waals surface area (Å²) in [5.74, 6) is 0. The van der Waals surface area contributed by atoms with E-state index in [9.17, 15) is 8.42 Å². The first-order valence-corrected chi connectivity index (χ1v) is 8.57. The summed E-state index contributed by atoms with van der Waals surface area (Å²) >= 11 is 1.27. The molecular weight excluding hydrogens is 284 g/mol. The van der Waals surface area contributed by atoms with Gasteiger partial charge in [-0.05, 0) is 30.0 Å². The van der Waals surface area contributed by atoms with E-state index in [2.05, 4.69) is 12.2 Å². The molecule has 0 aliphatic rings. The summed E-state index contributed by atoms with van der Waals surface area (Å²) in [5, 5.41) is 5.15. The van der Waals surface area contributed by atoms with E-state index in [-0.39, 0.29) is 0 Å². The summed E-state index contributed by atoms with van der Waals surface area (Å²) in [6.07, 6.45) is 1.06. The number of sulfonamides is 1. The van der Waals surface area contributed by atoms with Crippen molar-refractivity contribution in [2.45, 2.75) is 24.1 Å². The Morgan fingerprint density at radius 1 is 1.47 bits per heavy atom. The maximum absolute atomic E-state index is 12.2. The maximum Gasteiger partial charge on any atom is 0.252 e. The van der Waals surface area contributed by atoms with E-state index in [1.54, 1.807) is 20.2 Å². The highest BCUT2D eigenvalue weighted by Gasteiger charge is 2.22. The van der Waals surface area contributed by atoms with Gasteiger partial charge in [0, 0.05) is 27.2 Å². The maximum atomic E-state index is 12.2. The minimum atomic E-state index is -3.38. The molecule has 0 aromatic carbocycles. The zero-order valence-corrected chi connectivity index (χ0v) is 13.3. The average Bonchev–Trinajstić information content (AvgIpc) is 2.85. The molecular formula is C12H22N2O3S2. The molecule has 110 valence electrons. The van der Waals surface area contributed by atoms with Gasteiger partial charge in [-0.2, -0.15) is 4.31 Å². The smallest absolute Gasteiger partial charge is 0.252 e. The quantitative estimate of drug-likeness (QED) is 0.703. The van der Waals surface area contributed by atoms with Crippen LogP contribution in [0.2, 0.25) is 0 Å². The molecule has 1 aromatic heterocycles. The Bertz CT molecular complexity index is 471. The first kappa shape index (κ1) is 16.6. The van der Waals surface area contributed by atoms with Gasteiger partial charge in [-0.25, -0.2) is 8.42 Å². The van der Waals surface area contributed by atoms with E-state index in [4.69, 9.17) is 4.74 Å². The van der Waals surface area contributed by atoms with Gasteiger partial charge < -0.3 is 10.1 Å². The van der Waals surface area contributed by atoms with Gasteiger partial charge in [0.2, 0.25) is 0 Å². The molecule has 1 rings (SSSR count). The molecule has 0 fully saturated rings. The summed E-state index contributed by atoms with van der Waals surface area (Å²) in [7, 11) is -0.246. The van der Waals surface area contributed by atoms with Crippen molar-refractivity contribution in [3.05, 3.63) is 17.0 Å². The molecule has 1 heterocycles. The minimum absolute atomic E-state index is 0.361. The zero-order valence-electron chi connectivity index (χ0n) is 11.7. The van der Waals surface area contributed by atoms with Crippen LogP contribution >= 0.6 is 11.3 Å². The van der Waals surface area contributed by atoms with E-state index in [1.807, 2.05) is 5.38 Å². The molecule has 0 saturated carbocycles. The van der Waals surface area contributed by atoms with E-state index in [0.29, 0.717) is 23.9 Å². The third kappa shape index (κ3) is 4.85. The van der Waals surface area contributed by atoms with Crippen LogP contribution in [0.25, 0.3) is 0 Å². The number of rotatable bonds is 9. The fourth-order valence-electron chi connectivity index (χ4n) is 1.48. The van der Waals surface area contributed by atoms with E-state index in [1.165, 1.54) is 15.6 Å². The molecule has 0 bridgehead atoms. The molecule has 0 unspecified atom stereocenters. The number of likely N-dealkylation sites (N-methyl/N-ethyl adjacent to an activating group) is 1. The largest absolute Gasteiger partial charge is 0.383 e. The molecule has 5 nitrogen and oxygen atoms in total. The summed E-state index contributed by atoms with van der Waals surface area (Å²) in [4.78, 5) is 0. The number of ether oxygens (including phenoxy) is 1. The van der Waals surface area contributed by atoms with Gasteiger partial charge in [0.15, 0.2) is 0 Å². The molecule has 0 radical (unpaired) electrons. The van der Waals surface area contributed by atoms with Gasteiger partial charge >= 0.3 is 0 Å². The van der Waals surface area contributed by atoms with E-state index < -0.39 is 10.0 Å². The van der Waals surface area contributed by atoms with Crippen molar-refractivity contribution >= 4 is 21.4 Å². The van der Waals surface area contributed by atoms with Crippen molar-refractivity contribution in [2.75, 3.05) is 33.9 Å². The van der Waals surface area contributed by atoms with Gasteiger partial charge in [0.25, 0.3) is 10.0 Å². The average molecular weight is 306 g/mol. The first-order valence-electron chi connectivity index (χ1n) is 6.25. The first-order chi connectivity index (χ1) is 9.02. The minimum Gasteiger partial charge on any atom is -0.383 e. The van der Waals surface area contributed by atoms with Gasteiger partial charge in [-0.3, -0.25) is 0 Å². The molecule has 1 N–H and O–H groups in total. The van der Waals surface area contributed by atoms with Crippen molar-refractivity contribution in [2.24, 2.45) is 0 Å². The van der Waals surface area contributed by atoms with Crippen LogP contribution in [0.3, 0.4) is 0 Å². The molecule has 1 aromatic rings. The number of methoxy groups -OCH3 is 1. The number of hydrogen-bond donors (Lipinski definition) is 1. The zero-order chi connectivity index (χ0) is 14.3. The van der Waals surface area contributed by atoms with Crippen molar-refractivity contribution in [3.8, 4) is 0 Å². The molecule has 19 heavy (non-hydrogen) atoms. The molecule has 0 spiro atoms. The summed E-state index contributed by atoms with van der Waals surface area (Å²) < 4.78 is 31.1. The highest BCUT2D eigenvalue weighted by Crippen LogP contribution is 2.23. The topological polar surface area (TPSA) is 58.6 Å². The van der Waals surface area contributed by atoms with Crippen LogP contribution in [0.1, 0.15) is 18.9 Å². The molecule has 0 saturated heterocycles. The van der Waals surface area contributed by atoms with Crippen LogP contribution in [0.15, 0.2) is 15.7 Å². The van der Waals surface area contributed by atoms with Crippen LogP contribution in [-0.4, -0.2) is 46.6 Å². The molecule has 0 amide bonds. The fourth-order valence-corrected chi connectivity index (χ4v) is 4.06. The van der Waals surface area contributed by atoms with Crippen LogP contribution < -0.4 is 5.32 Å². The normalized spacial score (nSPS) is 12.2. The lowest BCUT2D eigenvalue weighted by atomic mass is 10.3. The second-order valence-electron chi connectivity index (χ2n) is 4.27. The predicted molar refractivity (Wildman–Crippen MR) is 78.0 cm³/mol. The van der Waals surface area contributed by atoms with Gasteiger partial charge in [-0.1, -0.05) is 6.92 Å². The summed E-state index contributed by atoms with van der Waals surface area (Å²) in [5.41, 5.74) is 1.01. The van der Waals surface area contributed by atoms with Gasteiger partial charge in [-0.15, -0.1) is 11.3 Å². The number of nitrogens with zero attached hydrogens (tertiary/aromatic N) is 1. The Hall–Kier alpha value is -0.470. The Balaban J connectivity index is 2.68. The monoisotopic (exact) mass is 306 g/mol. The standard InChI is InChI=1S/C12H22N2O3S2/c1-4-5-13-9-11-8-12(18-10-11)19(15,16)14(2)6-7-17-3/h8,10,13H,4-7,9H2,1-3H3.